The molecular weight excluding hydrogens is 415 g/mol. The van der Waals surface area contributed by atoms with Crippen LogP contribution in [-0.4, -0.2) is 63.3 Å². The van der Waals surface area contributed by atoms with Gasteiger partial charge in [0.1, 0.15) is 0 Å². The minimum absolute atomic E-state index is 0. The number of ether oxygens (including phenoxy) is 1. The highest BCUT2D eigenvalue weighted by atomic mass is 127. The molecule has 0 atom stereocenters. The Morgan fingerprint density at radius 2 is 1.96 bits per heavy atom. The molecule has 2 N–H and O–H groups in total. The summed E-state index contributed by atoms with van der Waals surface area (Å²) in [5, 5.41) is 6.64. The topological polar surface area (TPSA) is 48.9 Å². The number of aliphatic imine (C=N–C) groups is 1. The monoisotopic (exact) mass is 454 g/mol. The quantitative estimate of drug-likeness (QED) is 0.231. The predicted octanol–water partition coefficient (Wildman–Crippen LogP) is 2.95. The number of nitrogens with zero attached hydrogens (tertiary/aromatic N) is 2. The first-order chi connectivity index (χ1) is 11.1. The lowest BCUT2D eigenvalue weighted by molar-refractivity contribution is 0.114. The molecule has 0 unspecified atom stereocenters. The molecule has 0 aromatic rings. The van der Waals surface area contributed by atoms with E-state index in [0.29, 0.717) is 5.92 Å². The first kappa shape index (κ1) is 23.9. The summed E-state index contributed by atoms with van der Waals surface area (Å²) in [6.45, 7) is 16.6. The molecule has 1 heterocycles. The van der Waals surface area contributed by atoms with Gasteiger partial charge in [-0.05, 0) is 57.7 Å². The van der Waals surface area contributed by atoms with E-state index in [1.165, 1.54) is 32.5 Å². The molecule has 0 spiro atoms. The van der Waals surface area contributed by atoms with Crippen LogP contribution >= 0.6 is 24.0 Å². The molecule has 0 aromatic carbocycles. The van der Waals surface area contributed by atoms with Gasteiger partial charge < -0.3 is 20.3 Å². The van der Waals surface area contributed by atoms with Crippen molar-refractivity contribution in [3.05, 3.63) is 0 Å². The highest BCUT2D eigenvalue weighted by Gasteiger charge is 2.14. The summed E-state index contributed by atoms with van der Waals surface area (Å²) >= 11 is 0. The van der Waals surface area contributed by atoms with Crippen LogP contribution in [0.4, 0.5) is 0 Å². The molecule has 24 heavy (non-hydrogen) atoms. The zero-order valence-electron chi connectivity index (χ0n) is 16.1. The third kappa shape index (κ3) is 12.3. The minimum atomic E-state index is 0. The van der Waals surface area contributed by atoms with Crippen molar-refractivity contribution in [3.63, 3.8) is 0 Å². The van der Waals surface area contributed by atoms with Crippen molar-refractivity contribution in [3.8, 4) is 0 Å². The lowest BCUT2D eigenvalue weighted by atomic mass is 9.99. The highest BCUT2D eigenvalue weighted by molar-refractivity contribution is 14.0. The van der Waals surface area contributed by atoms with Crippen LogP contribution in [0.25, 0.3) is 0 Å². The number of hydrogen-bond donors (Lipinski definition) is 2. The first-order valence-corrected chi connectivity index (χ1v) is 9.44. The molecular formula is C18H39IN4O. The maximum Gasteiger partial charge on any atom is 0.191 e. The Morgan fingerprint density at radius 3 is 2.58 bits per heavy atom. The zero-order chi connectivity index (χ0) is 16.9. The molecule has 1 aliphatic rings. The number of hydrogen-bond acceptors (Lipinski definition) is 3. The summed E-state index contributed by atoms with van der Waals surface area (Å²) in [5.74, 6) is 2.41. The lowest BCUT2D eigenvalue weighted by Gasteiger charge is -2.29. The number of likely N-dealkylation sites (tertiary alicyclic amines) is 1. The normalized spacial score (nSPS) is 17.0. The summed E-state index contributed by atoms with van der Waals surface area (Å²) < 4.78 is 5.59. The summed E-state index contributed by atoms with van der Waals surface area (Å²) in [4.78, 5) is 7.24. The van der Waals surface area contributed by atoms with Gasteiger partial charge in [0, 0.05) is 26.2 Å². The Kier molecular flexibility index (Phi) is 15.1. The number of piperidine rings is 1. The van der Waals surface area contributed by atoms with Gasteiger partial charge in [0.05, 0.1) is 6.61 Å². The Balaban J connectivity index is 0.00000529. The number of halogens is 1. The van der Waals surface area contributed by atoms with Gasteiger partial charge in [-0.15, -0.1) is 24.0 Å². The Labute approximate surface area is 166 Å². The van der Waals surface area contributed by atoms with E-state index in [1.54, 1.807) is 0 Å². The molecule has 0 bridgehead atoms. The molecule has 1 saturated heterocycles. The van der Waals surface area contributed by atoms with Crippen molar-refractivity contribution in [1.29, 1.82) is 0 Å². The molecule has 0 aliphatic carbocycles. The molecule has 0 aromatic heterocycles. The largest absolute Gasteiger partial charge is 0.379 e. The molecule has 6 heteroatoms. The van der Waals surface area contributed by atoms with Gasteiger partial charge in [-0.2, -0.15) is 0 Å². The molecule has 144 valence electrons. The van der Waals surface area contributed by atoms with Crippen molar-refractivity contribution in [2.75, 3.05) is 52.5 Å². The molecule has 5 nitrogen and oxygen atoms in total. The summed E-state index contributed by atoms with van der Waals surface area (Å²) in [6.07, 6.45) is 3.84. The average molecular weight is 454 g/mol. The second-order valence-corrected chi connectivity index (χ2v) is 7.03. The number of guanidine groups is 1. The summed E-state index contributed by atoms with van der Waals surface area (Å²) in [6, 6.07) is 0. The van der Waals surface area contributed by atoms with Gasteiger partial charge in [-0.3, -0.25) is 4.99 Å². The second-order valence-electron chi connectivity index (χ2n) is 7.03. The standard InChI is InChI=1S/C18H38N4O.HI/c1-5-19-18(21-10-14-23-15-16(2)3)20-9-6-11-22-12-7-17(4)8-13-22;/h16-17H,5-15H2,1-4H3,(H2,19,20,21);1H. The van der Waals surface area contributed by atoms with E-state index >= 15 is 0 Å². The fourth-order valence-electron chi connectivity index (χ4n) is 2.67. The van der Waals surface area contributed by atoms with E-state index in [2.05, 4.69) is 48.2 Å². The van der Waals surface area contributed by atoms with E-state index in [0.717, 1.165) is 51.1 Å². The average Bonchev–Trinajstić information content (AvgIpc) is 2.52. The van der Waals surface area contributed by atoms with Gasteiger partial charge >= 0.3 is 0 Å². The van der Waals surface area contributed by atoms with E-state index in [9.17, 15) is 0 Å². The molecule has 0 amide bonds. The van der Waals surface area contributed by atoms with Crippen LogP contribution in [0, 0.1) is 11.8 Å². The summed E-state index contributed by atoms with van der Waals surface area (Å²) in [7, 11) is 0. The van der Waals surface area contributed by atoms with Gasteiger partial charge in [0.25, 0.3) is 0 Å². The fraction of sp³-hybridized carbons (Fsp3) is 0.944. The minimum Gasteiger partial charge on any atom is -0.379 e. The van der Waals surface area contributed by atoms with Crippen LogP contribution in [0.5, 0.6) is 0 Å². The van der Waals surface area contributed by atoms with Gasteiger partial charge in [-0.1, -0.05) is 20.8 Å². The second kappa shape index (κ2) is 15.2. The van der Waals surface area contributed by atoms with Gasteiger partial charge in [0.15, 0.2) is 5.96 Å². The maximum atomic E-state index is 5.59. The lowest BCUT2D eigenvalue weighted by Crippen LogP contribution is -2.39. The van der Waals surface area contributed by atoms with Gasteiger partial charge in [0.2, 0.25) is 0 Å². The zero-order valence-corrected chi connectivity index (χ0v) is 18.5. The van der Waals surface area contributed by atoms with Crippen molar-refractivity contribution < 1.29 is 4.74 Å². The molecule has 0 saturated carbocycles. The van der Waals surface area contributed by atoms with Crippen molar-refractivity contribution in [1.82, 2.24) is 15.5 Å². The Bertz CT molecular complexity index is 318. The molecule has 1 rings (SSSR count). The van der Waals surface area contributed by atoms with Crippen molar-refractivity contribution >= 4 is 29.9 Å². The third-order valence-corrected chi connectivity index (χ3v) is 4.11. The van der Waals surface area contributed by atoms with E-state index in [-0.39, 0.29) is 24.0 Å². The van der Waals surface area contributed by atoms with Crippen LogP contribution in [0.1, 0.15) is 47.0 Å². The van der Waals surface area contributed by atoms with Crippen LogP contribution in [0.2, 0.25) is 0 Å². The number of rotatable bonds is 10. The Hall–Kier alpha value is -0.0800. The molecule has 0 radical (unpaired) electrons. The van der Waals surface area contributed by atoms with E-state index in [1.807, 2.05) is 0 Å². The van der Waals surface area contributed by atoms with Crippen LogP contribution < -0.4 is 10.6 Å². The number of nitrogens with one attached hydrogen (secondary N) is 2. The predicted molar refractivity (Wildman–Crippen MR) is 115 cm³/mol. The maximum absolute atomic E-state index is 5.59. The van der Waals surface area contributed by atoms with Crippen LogP contribution in [-0.2, 0) is 4.74 Å². The summed E-state index contributed by atoms with van der Waals surface area (Å²) in [5.41, 5.74) is 0. The fourth-order valence-corrected chi connectivity index (χ4v) is 2.67. The highest BCUT2D eigenvalue weighted by Crippen LogP contribution is 2.15. The first-order valence-electron chi connectivity index (χ1n) is 9.44. The van der Waals surface area contributed by atoms with Gasteiger partial charge in [-0.25, -0.2) is 0 Å². The van der Waals surface area contributed by atoms with Crippen molar-refractivity contribution in [2.24, 2.45) is 16.8 Å². The third-order valence-electron chi connectivity index (χ3n) is 4.11. The SMILES string of the molecule is CCNC(=NCCCN1CCC(C)CC1)NCCOCC(C)C.I. The van der Waals surface area contributed by atoms with Crippen LogP contribution in [0.3, 0.4) is 0 Å². The van der Waals surface area contributed by atoms with E-state index in [4.69, 9.17) is 4.74 Å². The van der Waals surface area contributed by atoms with E-state index < -0.39 is 0 Å². The van der Waals surface area contributed by atoms with Crippen molar-refractivity contribution in [2.45, 2.75) is 47.0 Å². The molecule has 1 fully saturated rings. The van der Waals surface area contributed by atoms with Crippen LogP contribution in [0.15, 0.2) is 4.99 Å². The Morgan fingerprint density at radius 1 is 1.25 bits per heavy atom. The molecule has 1 aliphatic heterocycles. The smallest absolute Gasteiger partial charge is 0.191 e.